The van der Waals surface area contributed by atoms with E-state index in [4.69, 9.17) is 4.74 Å². The van der Waals surface area contributed by atoms with Gasteiger partial charge in [-0.2, -0.15) is 0 Å². The maximum absolute atomic E-state index is 12.1. The van der Waals surface area contributed by atoms with E-state index < -0.39 is 0 Å². The molecule has 0 fully saturated rings. The first kappa shape index (κ1) is 18.3. The minimum atomic E-state index is -0.215. The van der Waals surface area contributed by atoms with Gasteiger partial charge >= 0.3 is 6.03 Å². The number of carbonyl (C=O) groups excluding carboxylic acids is 1. The lowest BCUT2D eigenvalue weighted by Crippen LogP contribution is -2.38. The van der Waals surface area contributed by atoms with Crippen LogP contribution in [0, 0.1) is 6.92 Å². The van der Waals surface area contributed by atoms with E-state index in [1.165, 1.54) is 0 Å². The first-order valence-electron chi connectivity index (χ1n) is 7.77. The van der Waals surface area contributed by atoms with Crippen molar-refractivity contribution in [3.05, 3.63) is 58.1 Å². The molecule has 2 aromatic carbocycles. The summed E-state index contributed by atoms with van der Waals surface area (Å²) in [5.74, 6) is 0.824. The third-order valence-electron chi connectivity index (χ3n) is 3.99. The number of urea groups is 1. The normalized spacial score (nSPS) is 11.0. The second kappa shape index (κ2) is 7.71. The highest BCUT2D eigenvalue weighted by molar-refractivity contribution is 9.10. The molecule has 2 N–H and O–H groups in total. The predicted octanol–water partition coefficient (Wildman–Crippen LogP) is 4.87. The van der Waals surface area contributed by atoms with Crippen molar-refractivity contribution in [3.63, 3.8) is 0 Å². The van der Waals surface area contributed by atoms with Gasteiger partial charge < -0.3 is 15.4 Å². The van der Waals surface area contributed by atoms with Crippen LogP contribution >= 0.6 is 15.9 Å². The summed E-state index contributed by atoms with van der Waals surface area (Å²) < 4.78 is 6.15. The zero-order valence-corrected chi connectivity index (χ0v) is 16.0. The molecule has 2 rings (SSSR count). The molecular formula is C19H23BrN2O2. The summed E-state index contributed by atoms with van der Waals surface area (Å²) >= 11 is 3.47. The second-order valence-corrected chi connectivity index (χ2v) is 7.24. The van der Waals surface area contributed by atoms with E-state index in [2.05, 4.69) is 40.4 Å². The number of carbonyl (C=O) groups is 1. The maximum atomic E-state index is 12.1. The van der Waals surface area contributed by atoms with E-state index in [0.717, 1.165) is 27.0 Å². The molecular weight excluding hydrogens is 368 g/mol. The Hall–Kier alpha value is -2.01. The molecule has 0 saturated heterocycles. The SMILES string of the molecule is COc1ccc(C(C)(C)CNC(=O)Nc2ccc(C)c(Br)c2)cc1. The average molecular weight is 391 g/mol. The van der Waals surface area contributed by atoms with E-state index in [-0.39, 0.29) is 11.4 Å². The van der Waals surface area contributed by atoms with Crippen LogP contribution in [0.15, 0.2) is 46.9 Å². The van der Waals surface area contributed by atoms with Crippen LogP contribution in [0.4, 0.5) is 10.5 Å². The zero-order valence-electron chi connectivity index (χ0n) is 14.4. The molecule has 5 heteroatoms. The van der Waals surface area contributed by atoms with Crippen LogP contribution in [-0.4, -0.2) is 19.7 Å². The second-order valence-electron chi connectivity index (χ2n) is 6.38. The standard InChI is InChI=1S/C19H23BrN2O2/c1-13-5-8-15(11-17(13)20)22-18(23)21-12-19(2,3)14-6-9-16(24-4)10-7-14/h5-11H,12H2,1-4H3,(H2,21,22,23). The van der Waals surface area contributed by atoms with Crippen molar-refractivity contribution in [2.75, 3.05) is 19.0 Å². The number of anilines is 1. The minimum Gasteiger partial charge on any atom is -0.497 e. The Balaban J connectivity index is 1.94. The molecule has 4 nitrogen and oxygen atoms in total. The van der Waals surface area contributed by atoms with Crippen LogP contribution in [-0.2, 0) is 5.41 Å². The van der Waals surface area contributed by atoms with Gasteiger partial charge in [-0.1, -0.05) is 48.0 Å². The Bertz CT molecular complexity index is 712. The van der Waals surface area contributed by atoms with Crippen LogP contribution < -0.4 is 15.4 Å². The van der Waals surface area contributed by atoms with Gasteiger partial charge in [0.05, 0.1) is 7.11 Å². The van der Waals surface area contributed by atoms with Gasteiger partial charge in [0.1, 0.15) is 5.75 Å². The third kappa shape index (κ3) is 4.74. The van der Waals surface area contributed by atoms with E-state index in [9.17, 15) is 4.79 Å². The van der Waals surface area contributed by atoms with Crippen molar-refractivity contribution in [1.82, 2.24) is 5.32 Å². The summed E-state index contributed by atoms with van der Waals surface area (Å²) in [5, 5.41) is 5.79. The number of methoxy groups -OCH3 is 1. The van der Waals surface area contributed by atoms with Gasteiger partial charge in [-0.3, -0.25) is 0 Å². The smallest absolute Gasteiger partial charge is 0.319 e. The van der Waals surface area contributed by atoms with Crippen molar-refractivity contribution in [2.24, 2.45) is 0 Å². The lowest BCUT2D eigenvalue weighted by molar-refractivity contribution is 0.249. The Kier molecular flexibility index (Phi) is 5.89. The predicted molar refractivity (Wildman–Crippen MR) is 102 cm³/mol. The van der Waals surface area contributed by atoms with Gasteiger partial charge in [-0.05, 0) is 42.3 Å². The van der Waals surface area contributed by atoms with Crippen LogP contribution in [0.5, 0.6) is 5.75 Å². The first-order valence-corrected chi connectivity index (χ1v) is 8.56. The molecule has 0 aromatic heterocycles. The summed E-state index contributed by atoms with van der Waals surface area (Å²) in [4.78, 5) is 12.1. The Morgan fingerprint density at radius 2 is 1.83 bits per heavy atom. The number of benzene rings is 2. The minimum absolute atomic E-state index is 0.183. The quantitative estimate of drug-likeness (QED) is 0.765. The highest BCUT2D eigenvalue weighted by Gasteiger charge is 2.21. The fourth-order valence-electron chi connectivity index (χ4n) is 2.29. The van der Waals surface area contributed by atoms with Crippen molar-refractivity contribution in [2.45, 2.75) is 26.2 Å². The molecule has 128 valence electrons. The number of rotatable bonds is 5. The van der Waals surface area contributed by atoms with Gasteiger partial charge in [0.15, 0.2) is 0 Å². The number of hydrogen-bond acceptors (Lipinski definition) is 2. The number of halogens is 1. The fraction of sp³-hybridized carbons (Fsp3) is 0.316. The Labute approximate surface area is 151 Å². The summed E-state index contributed by atoms with van der Waals surface area (Å²) in [6.45, 7) is 6.72. The van der Waals surface area contributed by atoms with Gasteiger partial charge in [-0.25, -0.2) is 4.79 Å². The van der Waals surface area contributed by atoms with E-state index >= 15 is 0 Å². The largest absolute Gasteiger partial charge is 0.497 e. The molecule has 0 heterocycles. The number of nitrogens with one attached hydrogen (secondary N) is 2. The van der Waals surface area contributed by atoms with Crippen LogP contribution in [0.25, 0.3) is 0 Å². The summed E-state index contributed by atoms with van der Waals surface area (Å²) in [5.41, 5.74) is 2.84. The molecule has 0 atom stereocenters. The molecule has 2 amide bonds. The topological polar surface area (TPSA) is 50.4 Å². The molecule has 2 aromatic rings. The van der Waals surface area contributed by atoms with E-state index in [1.807, 2.05) is 49.4 Å². The van der Waals surface area contributed by atoms with Crippen LogP contribution in [0.3, 0.4) is 0 Å². The molecule has 0 aliphatic heterocycles. The van der Waals surface area contributed by atoms with E-state index in [1.54, 1.807) is 7.11 Å². The highest BCUT2D eigenvalue weighted by atomic mass is 79.9. The van der Waals surface area contributed by atoms with Crippen molar-refractivity contribution in [1.29, 1.82) is 0 Å². The van der Waals surface area contributed by atoms with Crippen molar-refractivity contribution >= 4 is 27.6 Å². The molecule has 0 bridgehead atoms. The Morgan fingerprint density at radius 1 is 1.17 bits per heavy atom. The van der Waals surface area contributed by atoms with Gasteiger partial charge in [0, 0.05) is 22.1 Å². The van der Waals surface area contributed by atoms with Crippen LogP contribution in [0.2, 0.25) is 0 Å². The Morgan fingerprint density at radius 3 is 2.42 bits per heavy atom. The molecule has 0 aliphatic rings. The lowest BCUT2D eigenvalue weighted by atomic mass is 9.84. The summed E-state index contributed by atoms with van der Waals surface area (Å²) in [7, 11) is 1.65. The van der Waals surface area contributed by atoms with Crippen molar-refractivity contribution in [3.8, 4) is 5.75 Å². The summed E-state index contributed by atoms with van der Waals surface area (Å²) in [6, 6.07) is 13.4. The summed E-state index contributed by atoms with van der Waals surface area (Å²) in [6.07, 6.45) is 0. The number of aryl methyl sites for hydroxylation is 1. The highest BCUT2D eigenvalue weighted by Crippen LogP contribution is 2.25. The molecule has 0 radical (unpaired) electrons. The third-order valence-corrected chi connectivity index (χ3v) is 4.85. The van der Waals surface area contributed by atoms with Crippen LogP contribution in [0.1, 0.15) is 25.0 Å². The fourth-order valence-corrected chi connectivity index (χ4v) is 2.67. The zero-order chi connectivity index (χ0) is 17.7. The molecule has 24 heavy (non-hydrogen) atoms. The molecule has 0 spiro atoms. The number of hydrogen-bond donors (Lipinski definition) is 2. The van der Waals surface area contributed by atoms with Gasteiger partial charge in [-0.15, -0.1) is 0 Å². The first-order chi connectivity index (χ1) is 11.3. The van der Waals surface area contributed by atoms with Gasteiger partial charge in [0.25, 0.3) is 0 Å². The molecule has 0 saturated carbocycles. The van der Waals surface area contributed by atoms with E-state index in [0.29, 0.717) is 6.54 Å². The van der Waals surface area contributed by atoms with Crippen molar-refractivity contribution < 1.29 is 9.53 Å². The number of amides is 2. The molecule has 0 unspecified atom stereocenters. The average Bonchev–Trinajstić information content (AvgIpc) is 2.56. The molecule has 0 aliphatic carbocycles. The maximum Gasteiger partial charge on any atom is 0.319 e. The monoisotopic (exact) mass is 390 g/mol. The lowest BCUT2D eigenvalue weighted by Gasteiger charge is -2.26. The number of ether oxygens (including phenoxy) is 1. The van der Waals surface area contributed by atoms with Gasteiger partial charge in [0.2, 0.25) is 0 Å².